The van der Waals surface area contributed by atoms with E-state index in [-0.39, 0.29) is 16.8 Å². The summed E-state index contributed by atoms with van der Waals surface area (Å²) < 4.78 is 26.6. The van der Waals surface area contributed by atoms with E-state index in [1.807, 2.05) is 4.90 Å². The van der Waals surface area contributed by atoms with Crippen molar-refractivity contribution in [2.24, 2.45) is 10.7 Å². The van der Waals surface area contributed by atoms with Crippen molar-refractivity contribution in [3.63, 3.8) is 0 Å². The molecule has 0 aliphatic carbocycles. The Balaban J connectivity index is 1.42. The van der Waals surface area contributed by atoms with Crippen molar-refractivity contribution in [1.82, 2.24) is 9.62 Å². The molecule has 0 spiro atoms. The van der Waals surface area contributed by atoms with Crippen LogP contribution in [-0.2, 0) is 14.8 Å². The maximum Gasteiger partial charge on any atom is 0.263 e. The highest BCUT2D eigenvalue weighted by atomic mass is 32.2. The first kappa shape index (κ1) is 19.8. The van der Waals surface area contributed by atoms with Gasteiger partial charge in [-0.2, -0.15) is 0 Å². The quantitative estimate of drug-likeness (QED) is 0.688. The maximum absolute atomic E-state index is 12.4. The van der Waals surface area contributed by atoms with E-state index in [1.54, 1.807) is 24.3 Å². The second-order valence-electron chi connectivity index (χ2n) is 7.12. The van der Waals surface area contributed by atoms with Crippen molar-refractivity contribution in [1.29, 1.82) is 0 Å². The first-order valence-corrected chi connectivity index (χ1v) is 11.2. The molecule has 0 aromatic heterocycles. The monoisotopic (exact) mass is 392 g/mol. The summed E-state index contributed by atoms with van der Waals surface area (Å²) in [5, 5.41) is 0. The van der Waals surface area contributed by atoms with Crippen LogP contribution in [0.3, 0.4) is 0 Å². The highest BCUT2D eigenvalue weighted by molar-refractivity contribution is 7.90. The Morgan fingerprint density at radius 2 is 2.04 bits per heavy atom. The third-order valence-corrected chi connectivity index (χ3v) is 6.60. The van der Waals surface area contributed by atoms with E-state index in [4.69, 9.17) is 5.73 Å². The topological polar surface area (TPSA) is 105 Å². The molecule has 0 bridgehead atoms. The fourth-order valence-corrected chi connectivity index (χ4v) is 4.98. The van der Waals surface area contributed by atoms with Crippen LogP contribution in [0.15, 0.2) is 34.2 Å². The molecule has 0 saturated carbocycles. The van der Waals surface area contributed by atoms with Crippen molar-refractivity contribution in [3.05, 3.63) is 29.8 Å². The molecule has 3 N–H and O–H groups in total. The number of benzene rings is 1. The number of aliphatic imine (C=N–C) groups is 1. The number of amidine groups is 1. The Morgan fingerprint density at radius 1 is 1.22 bits per heavy atom. The molecule has 1 amide bonds. The van der Waals surface area contributed by atoms with Gasteiger partial charge in [0.2, 0.25) is 5.91 Å². The van der Waals surface area contributed by atoms with Crippen molar-refractivity contribution in [2.75, 3.05) is 19.6 Å². The molecule has 2 heterocycles. The molecule has 1 aromatic carbocycles. The summed E-state index contributed by atoms with van der Waals surface area (Å²) in [5.74, 6) is 0.620. The molecule has 8 heteroatoms. The Bertz CT molecular complexity index is 807. The summed E-state index contributed by atoms with van der Waals surface area (Å²) in [6.45, 7) is 1.91. The number of nitrogens with one attached hydrogen (secondary N) is 1. The summed E-state index contributed by atoms with van der Waals surface area (Å²) in [5.41, 5.74) is 6.41. The summed E-state index contributed by atoms with van der Waals surface area (Å²) in [6, 6.07) is 7.05. The molecule has 3 rings (SSSR count). The van der Waals surface area contributed by atoms with Crippen molar-refractivity contribution < 1.29 is 13.2 Å². The number of carbonyl (C=O) groups excluding carboxylic acids is 1. The number of amides is 1. The van der Waals surface area contributed by atoms with E-state index in [0.29, 0.717) is 30.9 Å². The fourth-order valence-electron chi connectivity index (χ4n) is 3.72. The zero-order valence-electron chi connectivity index (χ0n) is 15.6. The SMILES string of the molecule is NCC1CCCCN1C(=O)CCCCCN=C1NS(=O)(=O)c2ccccc21. The lowest BCUT2D eigenvalue weighted by atomic mass is 10.0. The Labute approximate surface area is 161 Å². The van der Waals surface area contributed by atoms with Crippen molar-refractivity contribution in [2.45, 2.75) is 55.9 Å². The van der Waals surface area contributed by atoms with E-state index < -0.39 is 10.0 Å². The molecule has 1 aromatic rings. The van der Waals surface area contributed by atoms with Crippen LogP contribution in [0.25, 0.3) is 0 Å². The third-order valence-electron chi connectivity index (χ3n) is 5.20. The molecule has 148 valence electrons. The Kier molecular flexibility index (Phi) is 6.49. The zero-order chi connectivity index (χ0) is 19.3. The average molecular weight is 393 g/mol. The summed E-state index contributed by atoms with van der Waals surface area (Å²) in [6.07, 6.45) is 6.30. The lowest BCUT2D eigenvalue weighted by Gasteiger charge is -2.35. The molecule has 27 heavy (non-hydrogen) atoms. The van der Waals surface area contributed by atoms with Gasteiger partial charge in [0.05, 0.1) is 4.90 Å². The molecule has 1 atom stereocenters. The number of sulfonamides is 1. The van der Waals surface area contributed by atoms with Gasteiger partial charge in [-0.05, 0) is 44.2 Å². The zero-order valence-corrected chi connectivity index (χ0v) is 16.4. The van der Waals surface area contributed by atoms with Crippen LogP contribution in [0.4, 0.5) is 0 Å². The Morgan fingerprint density at radius 3 is 2.85 bits per heavy atom. The number of nitrogens with zero attached hydrogens (tertiary/aromatic N) is 2. The van der Waals surface area contributed by atoms with Gasteiger partial charge >= 0.3 is 0 Å². The summed E-state index contributed by atoms with van der Waals surface area (Å²) in [4.78, 5) is 19.0. The first-order valence-electron chi connectivity index (χ1n) is 9.69. The number of hydrogen-bond acceptors (Lipinski definition) is 5. The van der Waals surface area contributed by atoms with Gasteiger partial charge in [0.15, 0.2) is 0 Å². The second-order valence-corrected chi connectivity index (χ2v) is 8.77. The predicted octanol–water partition coefficient (Wildman–Crippen LogP) is 1.63. The van der Waals surface area contributed by atoms with Crippen LogP contribution in [0, 0.1) is 0 Å². The van der Waals surface area contributed by atoms with Gasteiger partial charge in [-0.1, -0.05) is 18.6 Å². The van der Waals surface area contributed by atoms with Gasteiger partial charge in [-0.25, -0.2) is 8.42 Å². The number of hydrogen-bond donors (Lipinski definition) is 2. The minimum Gasteiger partial charge on any atom is -0.338 e. The molecule has 2 aliphatic heterocycles. The third kappa shape index (κ3) is 4.68. The highest BCUT2D eigenvalue weighted by Gasteiger charge is 2.30. The molecule has 1 fully saturated rings. The fraction of sp³-hybridized carbons (Fsp3) is 0.579. The lowest BCUT2D eigenvalue weighted by Crippen LogP contribution is -2.47. The number of unbranched alkanes of at least 4 members (excludes halogenated alkanes) is 2. The van der Waals surface area contributed by atoms with E-state index in [2.05, 4.69) is 9.71 Å². The van der Waals surface area contributed by atoms with E-state index in [9.17, 15) is 13.2 Å². The maximum atomic E-state index is 12.4. The Hall–Kier alpha value is -1.93. The van der Waals surface area contributed by atoms with Gasteiger partial charge < -0.3 is 10.6 Å². The molecule has 0 radical (unpaired) electrons. The van der Waals surface area contributed by atoms with Crippen molar-refractivity contribution in [3.8, 4) is 0 Å². The van der Waals surface area contributed by atoms with Crippen LogP contribution in [0.5, 0.6) is 0 Å². The number of fused-ring (bicyclic) bond motifs is 1. The first-order chi connectivity index (χ1) is 13.0. The van der Waals surface area contributed by atoms with E-state index in [1.165, 1.54) is 0 Å². The van der Waals surface area contributed by atoms with E-state index in [0.717, 1.165) is 45.1 Å². The van der Waals surface area contributed by atoms with Crippen LogP contribution in [0.2, 0.25) is 0 Å². The highest BCUT2D eigenvalue weighted by Crippen LogP contribution is 2.22. The van der Waals surface area contributed by atoms with Gasteiger partial charge in [0.25, 0.3) is 10.0 Å². The van der Waals surface area contributed by atoms with E-state index >= 15 is 0 Å². The molecule has 2 aliphatic rings. The van der Waals surface area contributed by atoms with Gasteiger partial charge in [-0.3, -0.25) is 14.5 Å². The van der Waals surface area contributed by atoms with Crippen LogP contribution < -0.4 is 10.5 Å². The van der Waals surface area contributed by atoms with Crippen LogP contribution in [-0.4, -0.2) is 50.7 Å². The smallest absolute Gasteiger partial charge is 0.263 e. The van der Waals surface area contributed by atoms with Gasteiger partial charge in [-0.15, -0.1) is 0 Å². The largest absolute Gasteiger partial charge is 0.338 e. The second kappa shape index (κ2) is 8.84. The minimum absolute atomic E-state index is 0.202. The molecule has 1 unspecified atom stereocenters. The minimum atomic E-state index is -3.47. The molecule has 7 nitrogen and oxygen atoms in total. The van der Waals surface area contributed by atoms with Crippen LogP contribution in [0.1, 0.15) is 50.5 Å². The normalized spacial score (nSPS) is 22.5. The lowest BCUT2D eigenvalue weighted by molar-refractivity contribution is -0.134. The van der Waals surface area contributed by atoms with Gasteiger partial charge in [0, 0.05) is 37.7 Å². The summed E-state index contributed by atoms with van der Waals surface area (Å²) in [7, 11) is -3.47. The number of nitrogens with two attached hydrogens (primary N) is 1. The van der Waals surface area contributed by atoms with Crippen LogP contribution >= 0.6 is 0 Å². The number of likely N-dealkylation sites (tertiary alicyclic amines) is 1. The predicted molar refractivity (Wildman–Crippen MR) is 105 cm³/mol. The van der Waals surface area contributed by atoms with Gasteiger partial charge in [0.1, 0.15) is 5.84 Å². The summed E-state index contributed by atoms with van der Waals surface area (Å²) >= 11 is 0. The number of piperidine rings is 1. The standard InChI is InChI=1S/C19H28N4O3S/c20-14-15-8-5-7-13-23(15)18(24)11-2-1-6-12-21-19-16-9-3-4-10-17(16)27(25,26)22-19/h3-4,9-10,15H,1-2,5-8,11-14,20H2,(H,21,22). The number of rotatable bonds is 7. The number of carbonyl (C=O) groups is 1. The molecule has 1 saturated heterocycles. The molecular weight excluding hydrogens is 364 g/mol. The average Bonchev–Trinajstić information content (AvgIpc) is 2.95. The molecular formula is C19H28N4O3S. The van der Waals surface area contributed by atoms with Crippen molar-refractivity contribution >= 4 is 21.8 Å².